The quantitative estimate of drug-likeness (QED) is 0.719. The molecule has 1 saturated heterocycles. The van der Waals surface area contributed by atoms with E-state index in [1.807, 2.05) is 0 Å². The fourth-order valence-corrected chi connectivity index (χ4v) is 1.94. The summed E-state index contributed by atoms with van der Waals surface area (Å²) in [7, 11) is 0. The summed E-state index contributed by atoms with van der Waals surface area (Å²) in [6.45, 7) is 3.53. The Kier molecular flexibility index (Phi) is 4.86. The lowest BCUT2D eigenvalue weighted by molar-refractivity contribution is -0.124. The Bertz CT molecular complexity index is 474. The average Bonchev–Trinajstić information content (AvgIpc) is 2.48. The van der Waals surface area contributed by atoms with E-state index >= 15 is 0 Å². The Labute approximate surface area is 117 Å². The summed E-state index contributed by atoms with van der Waals surface area (Å²) in [6, 6.07) is 2.83. The molecule has 2 rings (SSSR count). The van der Waals surface area contributed by atoms with Gasteiger partial charge >= 0.3 is 0 Å². The highest BCUT2D eigenvalue weighted by molar-refractivity contribution is 5.96. The zero-order chi connectivity index (χ0) is 14.4. The van der Waals surface area contributed by atoms with Crippen LogP contribution in [-0.2, 0) is 4.79 Å². The van der Waals surface area contributed by atoms with E-state index in [2.05, 4.69) is 33.1 Å². The van der Waals surface area contributed by atoms with Gasteiger partial charge in [-0.1, -0.05) is 6.92 Å². The van der Waals surface area contributed by atoms with E-state index in [0.29, 0.717) is 18.8 Å². The van der Waals surface area contributed by atoms with Crippen LogP contribution in [0.2, 0.25) is 0 Å². The van der Waals surface area contributed by atoms with Crippen LogP contribution in [0.1, 0.15) is 36.7 Å². The topological polar surface area (TPSA) is 96.0 Å². The first kappa shape index (κ1) is 14.2. The second-order valence-corrected chi connectivity index (χ2v) is 4.69. The summed E-state index contributed by atoms with van der Waals surface area (Å²) < 4.78 is 0. The molecule has 0 spiro atoms. The van der Waals surface area contributed by atoms with E-state index in [1.165, 1.54) is 0 Å². The first-order valence-corrected chi connectivity index (χ1v) is 6.87. The molecule has 1 unspecified atom stereocenters. The average molecular weight is 277 g/mol. The smallest absolute Gasteiger partial charge is 0.272 e. The van der Waals surface area contributed by atoms with Gasteiger partial charge in [0.25, 0.3) is 5.91 Å². The van der Waals surface area contributed by atoms with Crippen LogP contribution >= 0.6 is 0 Å². The lowest BCUT2D eigenvalue weighted by Gasteiger charge is -2.22. The van der Waals surface area contributed by atoms with Gasteiger partial charge in [-0.15, -0.1) is 10.2 Å². The van der Waals surface area contributed by atoms with E-state index in [9.17, 15) is 9.59 Å². The molecule has 1 aromatic rings. The van der Waals surface area contributed by atoms with Crippen molar-refractivity contribution in [2.75, 3.05) is 18.4 Å². The van der Waals surface area contributed by atoms with Gasteiger partial charge in [-0.2, -0.15) is 0 Å². The van der Waals surface area contributed by atoms with E-state index in [4.69, 9.17) is 0 Å². The molecule has 1 aromatic heterocycles. The summed E-state index contributed by atoms with van der Waals surface area (Å²) in [5.41, 5.74) is 0.213. The molecule has 0 bridgehead atoms. The zero-order valence-electron chi connectivity index (χ0n) is 11.5. The largest absolute Gasteiger partial charge is 0.369 e. The van der Waals surface area contributed by atoms with E-state index in [1.54, 1.807) is 12.1 Å². The third kappa shape index (κ3) is 3.66. The zero-order valence-corrected chi connectivity index (χ0v) is 11.5. The lowest BCUT2D eigenvalue weighted by Crippen LogP contribution is -2.50. The van der Waals surface area contributed by atoms with Gasteiger partial charge in [-0.05, 0) is 31.4 Å². The minimum atomic E-state index is -0.476. The molecular formula is C13H19N5O2. The maximum absolute atomic E-state index is 12.0. The molecule has 1 fully saturated rings. The molecule has 1 atom stereocenters. The Morgan fingerprint density at radius 3 is 2.95 bits per heavy atom. The van der Waals surface area contributed by atoms with Crippen LogP contribution in [-0.4, -0.2) is 41.1 Å². The Hall–Kier alpha value is -2.18. The highest BCUT2D eigenvalue weighted by atomic mass is 16.2. The van der Waals surface area contributed by atoms with Crippen LogP contribution in [0.5, 0.6) is 0 Å². The molecule has 108 valence electrons. The van der Waals surface area contributed by atoms with Gasteiger partial charge in [0.05, 0.1) is 0 Å². The van der Waals surface area contributed by atoms with Gasteiger partial charge in [-0.25, -0.2) is 0 Å². The monoisotopic (exact) mass is 277 g/mol. The number of anilines is 1. The number of aromatic nitrogens is 2. The van der Waals surface area contributed by atoms with Crippen molar-refractivity contribution in [2.24, 2.45) is 0 Å². The van der Waals surface area contributed by atoms with Crippen molar-refractivity contribution in [3.05, 3.63) is 17.8 Å². The molecule has 7 nitrogen and oxygen atoms in total. The van der Waals surface area contributed by atoms with Crippen LogP contribution in [0.3, 0.4) is 0 Å². The third-order valence-corrected chi connectivity index (χ3v) is 3.04. The van der Waals surface area contributed by atoms with E-state index in [0.717, 1.165) is 19.4 Å². The van der Waals surface area contributed by atoms with Crippen molar-refractivity contribution in [3.8, 4) is 0 Å². The number of hydrogen-bond donors (Lipinski definition) is 3. The first-order valence-electron chi connectivity index (χ1n) is 6.87. The molecule has 20 heavy (non-hydrogen) atoms. The summed E-state index contributed by atoms with van der Waals surface area (Å²) in [6.07, 6.45) is 2.50. The number of piperidine rings is 1. The minimum Gasteiger partial charge on any atom is -0.369 e. The van der Waals surface area contributed by atoms with Gasteiger partial charge < -0.3 is 16.0 Å². The third-order valence-electron chi connectivity index (χ3n) is 3.04. The molecule has 0 aliphatic carbocycles. The number of nitrogens with zero attached hydrogens (tertiary/aromatic N) is 2. The molecule has 7 heteroatoms. The predicted molar refractivity (Wildman–Crippen MR) is 74.3 cm³/mol. The fourth-order valence-electron chi connectivity index (χ4n) is 1.94. The first-order chi connectivity index (χ1) is 9.70. The summed E-state index contributed by atoms with van der Waals surface area (Å²) >= 11 is 0. The number of amides is 2. The molecular weight excluding hydrogens is 258 g/mol. The second kappa shape index (κ2) is 6.83. The molecule has 2 heterocycles. The van der Waals surface area contributed by atoms with Crippen LogP contribution in [0, 0.1) is 0 Å². The summed E-state index contributed by atoms with van der Waals surface area (Å²) in [4.78, 5) is 23.5. The SMILES string of the molecule is CCCNc1ccc(C(=O)NC2CCCNC2=O)nn1. The second-order valence-electron chi connectivity index (χ2n) is 4.69. The van der Waals surface area contributed by atoms with Gasteiger partial charge in [0.1, 0.15) is 11.9 Å². The van der Waals surface area contributed by atoms with Crippen molar-refractivity contribution in [2.45, 2.75) is 32.2 Å². The molecule has 0 saturated carbocycles. The van der Waals surface area contributed by atoms with Gasteiger partial charge in [-0.3, -0.25) is 9.59 Å². The molecule has 3 N–H and O–H groups in total. The standard InChI is InChI=1S/C13H19N5O2/c1-2-7-14-11-6-5-10(17-18-11)13(20)16-9-4-3-8-15-12(9)19/h5-6,9H,2-4,7-8H2,1H3,(H,14,18)(H,15,19)(H,16,20). The van der Waals surface area contributed by atoms with Crippen molar-refractivity contribution in [1.82, 2.24) is 20.8 Å². The number of carbonyl (C=O) groups excluding carboxylic acids is 2. The van der Waals surface area contributed by atoms with E-state index in [-0.39, 0.29) is 17.5 Å². The Balaban J connectivity index is 1.93. The predicted octanol–water partition coefficient (Wildman–Crippen LogP) is 0.307. The molecule has 1 aliphatic rings. The number of hydrogen-bond acceptors (Lipinski definition) is 5. The highest BCUT2D eigenvalue weighted by Crippen LogP contribution is 2.06. The Morgan fingerprint density at radius 2 is 2.30 bits per heavy atom. The normalized spacial score (nSPS) is 18.2. The van der Waals surface area contributed by atoms with Gasteiger partial charge in [0.2, 0.25) is 5.91 Å². The van der Waals surface area contributed by atoms with Crippen LogP contribution in [0.4, 0.5) is 5.82 Å². The number of carbonyl (C=O) groups is 2. The minimum absolute atomic E-state index is 0.140. The van der Waals surface area contributed by atoms with Gasteiger partial charge in [0.15, 0.2) is 5.69 Å². The summed E-state index contributed by atoms with van der Waals surface area (Å²) in [5, 5.41) is 16.3. The fraction of sp³-hybridized carbons (Fsp3) is 0.538. The van der Waals surface area contributed by atoms with Gasteiger partial charge in [0, 0.05) is 13.1 Å². The van der Waals surface area contributed by atoms with Crippen molar-refractivity contribution < 1.29 is 9.59 Å². The van der Waals surface area contributed by atoms with Crippen LogP contribution < -0.4 is 16.0 Å². The molecule has 0 aromatic carbocycles. The molecule has 0 radical (unpaired) electrons. The van der Waals surface area contributed by atoms with Crippen molar-refractivity contribution >= 4 is 17.6 Å². The maximum Gasteiger partial charge on any atom is 0.272 e. The van der Waals surface area contributed by atoms with Crippen LogP contribution in [0.25, 0.3) is 0 Å². The van der Waals surface area contributed by atoms with Crippen molar-refractivity contribution in [3.63, 3.8) is 0 Å². The number of nitrogens with one attached hydrogen (secondary N) is 3. The highest BCUT2D eigenvalue weighted by Gasteiger charge is 2.24. The lowest BCUT2D eigenvalue weighted by atomic mass is 10.1. The number of rotatable bonds is 5. The summed E-state index contributed by atoms with van der Waals surface area (Å²) in [5.74, 6) is 0.124. The van der Waals surface area contributed by atoms with Crippen LogP contribution in [0.15, 0.2) is 12.1 Å². The maximum atomic E-state index is 12.0. The van der Waals surface area contributed by atoms with E-state index < -0.39 is 6.04 Å². The Morgan fingerprint density at radius 1 is 1.45 bits per heavy atom. The molecule has 1 aliphatic heterocycles. The molecule has 2 amide bonds. The van der Waals surface area contributed by atoms with Crippen molar-refractivity contribution in [1.29, 1.82) is 0 Å².